The van der Waals surface area contributed by atoms with E-state index in [1.807, 2.05) is 24.3 Å². The zero-order valence-electron chi connectivity index (χ0n) is 16.0. The lowest BCUT2D eigenvalue weighted by molar-refractivity contribution is 0.278. The lowest BCUT2D eigenvalue weighted by Crippen LogP contribution is -2.10. The lowest BCUT2D eigenvalue weighted by Gasteiger charge is -2.08. The summed E-state index contributed by atoms with van der Waals surface area (Å²) in [7, 11) is -2.17. The number of nitrogen functional groups attached to an aromatic ring is 2. The molecule has 2 aromatic rings. The first-order chi connectivity index (χ1) is 13.8. The minimum Gasteiger partial charge on any atom is -0.494 e. The number of nitrogens with two attached hydrogens (primary N) is 2. The fourth-order valence-electron chi connectivity index (χ4n) is 2.22. The number of nitrogens with one attached hydrogen (secondary N) is 2. The molecule has 10 heteroatoms. The Labute approximate surface area is 170 Å². The minimum absolute atomic E-state index is 0.0579. The Morgan fingerprint density at radius 1 is 0.690 bits per heavy atom. The van der Waals surface area contributed by atoms with Gasteiger partial charge in [-0.15, -0.1) is 0 Å². The Bertz CT molecular complexity index is 690. The van der Waals surface area contributed by atoms with Crippen LogP contribution in [0.4, 0.5) is 0 Å². The average molecular weight is 402 g/mol. The van der Waals surface area contributed by atoms with Gasteiger partial charge in [0.05, 0.1) is 13.2 Å². The molecule has 9 N–H and O–H groups in total. The first-order valence-electron chi connectivity index (χ1n) is 8.98. The average Bonchev–Trinajstić information content (AvgIpc) is 2.67. The number of hydrogen-bond acceptors (Lipinski definition) is 7. The van der Waals surface area contributed by atoms with E-state index in [0.717, 1.165) is 30.8 Å². The highest BCUT2D eigenvalue weighted by Crippen LogP contribution is 2.14. The summed E-state index contributed by atoms with van der Waals surface area (Å²) < 4.78 is 11.3. The van der Waals surface area contributed by atoms with Crippen molar-refractivity contribution in [2.45, 2.75) is 19.3 Å². The highest BCUT2D eigenvalue weighted by atomic mass is 16.5. The SMILES string of the molecule is N=C(N)c1ccc(OCCCCCOc2ccc(C(=N)N)cc2)cc1.OB(O)O. The van der Waals surface area contributed by atoms with Gasteiger partial charge in [-0.3, -0.25) is 10.8 Å². The smallest absolute Gasteiger partial charge is 0.494 e. The summed E-state index contributed by atoms with van der Waals surface area (Å²) in [5.74, 6) is 1.68. The number of ether oxygens (including phenoxy) is 2. The maximum atomic E-state index is 7.34. The topological polar surface area (TPSA) is 179 Å². The van der Waals surface area contributed by atoms with Gasteiger partial charge in [0, 0.05) is 11.1 Å². The van der Waals surface area contributed by atoms with E-state index in [4.69, 9.17) is 46.8 Å². The normalized spacial score (nSPS) is 9.76. The van der Waals surface area contributed by atoms with Crippen LogP contribution in [0, 0.1) is 10.8 Å². The molecule has 0 aliphatic carbocycles. The summed E-state index contributed by atoms with van der Waals surface area (Å²) in [6.07, 6.45) is 2.90. The van der Waals surface area contributed by atoms with Crippen LogP contribution in [0.5, 0.6) is 11.5 Å². The van der Waals surface area contributed by atoms with Crippen LogP contribution in [-0.4, -0.2) is 47.3 Å². The molecular weight excluding hydrogens is 375 g/mol. The second kappa shape index (κ2) is 13.2. The van der Waals surface area contributed by atoms with Crippen molar-refractivity contribution in [3.05, 3.63) is 59.7 Å². The molecular formula is C19H27BN4O5. The van der Waals surface area contributed by atoms with Crippen LogP contribution in [0.25, 0.3) is 0 Å². The van der Waals surface area contributed by atoms with Crippen molar-refractivity contribution in [1.29, 1.82) is 10.8 Å². The summed E-state index contributed by atoms with van der Waals surface area (Å²) in [6.45, 7) is 1.29. The molecule has 0 radical (unpaired) electrons. The van der Waals surface area contributed by atoms with Crippen LogP contribution < -0.4 is 20.9 Å². The molecule has 0 unspecified atom stereocenters. The third-order valence-electron chi connectivity index (χ3n) is 3.66. The first-order valence-corrected chi connectivity index (χ1v) is 8.98. The molecule has 0 saturated carbocycles. The summed E-state index contributed by atoms with van der Waals surface area (Å²) in [5.41, 5.74) is 12.2. The Morgan fingerprint density at radius 3 is 1.28 bits per heavy atom. The quantitative estimate of drug-likeness (QED) is 0.133. The highest BCUT2D eigenvalue weighted by molar-refractivity contribution is 6.30. The van der Waals surface area contributed by atoms with E-state index in [0.29, 0.717) is 24.3 Å². The molecule has 0 aliphatic heterocycles. The van der Waals surface area contributed by atoms with Gasteiger partial charge in [-0.25, -0.2) is 0 Å². The van der Waals surface area contributed by atoms with E-state index in [9.17, 15) is 0 Å². The first kappa shape index (κ1) is 24.0. The maximum absolute atomic E-state index is 7.34. The van der Waals surface area contributed by atoms with E-state index in [1.165, 1.54) is 0 Å². The van der Waals surface area contributed by atoms with E-state index >= 15 is 0 Å². The Kier molecular flexibility index (Phi) is 10.9. The minimum atomic E-state index is -2.17. The van der Waals surface area contributed by atoms with Gasteiger partial charge < -0.3 is 36.0 Å². The van der Waals surface area contributed by atoms with E-state index in [-0.39, 0.29) is 11.7 Å². The second-order valence-corrected chi connectivity index (χ2v) is 5.98. The number of unbranched alkanes of at least 4 members (excludes halogenated alkanes) is 2. The fourth-order valence-corrected chi connectivity index (χ4v) is 2.22. The molecule has 0 bridgehead atoms. The van der Waals surface area contributed by atoms with Crippen LogP contribution in [-0.2, 0) is 0 Å². The molecule has 0 atom stereocenters. The van der Waals surface area contributed by atoms with Gasteiger partial charge in [-0.2, -0.15) is 0 Å². The van der Waals surface area contributed by atoms with Crippen molar-refractivity contribution in [2.75, 3.05) is 13.2 Å². The molecule has 0 amide bonds. The van der Waals surface area contributed by atoms with Crippen molar-refractivity contribution in [3.63, 3.8) is 0 Å². The van der Waals surface area contributed by atoms with Gasteiger partial charge in [0.15, 0.2) is 0 Å². The number of hydrogen-bond donors (Lipinski definition) is 7. The number of benzene rings is 2. The van der Waals surface area contributed by atoms with Gasteiger partial charge in [0.2, 0.25) is 0 Å². The monoisotopic (exact) mass is 402 g/mol. The van der Waals surface area contributed by atoms with E-state index in [1.54, 1.807) is 24.3 Å². The van der Waals surface area contributed by atoms with E-state index < -0.39 is 7.32 Å². The Morgan fingerprint density at radius 2 is 1.00 bits per heavy atom. The Hall–Kier alpha value is -3.08. The van der Waals surface area contributed by atoms with Crippen molar-refractivity contribution in [2.24, 2.45) is 11.5 Å². The molecule has 0 aliphatic rings. The third-order valence-corrected chi connectivity index (χ3v) is 3.66. The highest BCUT2D eigenvalue weighted by Gasteiger charge is 2.00. The summed E-state index contributed by atoms with van der Waals surface area (Å²) in [4.78, 5) is 0. The van der Waals surface area contributed by atoms with Gasteiger partial charge in [0.25, 0.3) is 0 Å². The van der Waals surface area contributed by atoms with Gasteiger partial charge in [-0.05, 0) is 67.8 Å². The molecule has 29 heavy (non-hydrogen) atoms. The van der Waals surface area contributed by atoms with Gasteiger partial charge in [0.1, 0.15) is 23.2 Å². The molecule has 0 spiro atoms. The molecule has 0 aromatic heterocycles. The van der Waals surface area contributed by atoms with Crippen LogP contribution in [0.2, 0.25) is 0 Å². The summed E-state index contributed by atoms with van der Waals surface area (Å²) in [6, 6.07) is 14.4. The van der Waals surface area contributed by atoms with Crippen LogP contribution in [0.3, 0.4) is 0 Å². The largest absolute Gasteiger partial charge is 0.631 e. The molecule has 9 nitrogen and oxygen atoms in total. The van der Waals surface area contributed by atoms with Crippen molar-refractivity contribution in [1.82, 2.24) is 0 Å². The van der Waals surface area contributed by atoms with Crippen LogP contribution in [0.1, 0.15) is 30.4 Å². The van der Waals surface area contributed by atoms with Crippen LogP contribution >= 0.6 is 0 Å². The molecule has 2 rings (SSSR count). The molecule has 0 saturated heterocycles. The zero-order valence-corrected chi connectivity index (χ0v) is 16.0. The van der Waals surface area contributed by atoms with Crippen molar-refractivity contribution < 1.29 is 24.5 Å². The number of rotatable bonds is 10. The lowest BCUT2D eigenvalue weighted by atomic mass is 10.2. The fraction of sp³-hybridized carbons (Fsp3) is 0.263. The zero-order chi connectivity index (χ0) is 21.6. The molecule has 2 aromatic carbocycles. The van der Waals surface area contributed by atoms with Crippen LogP contribution in [0.15, 0.2) is 48.5 Å². The second-order valence-electron chi connectivity index (χ2n) is 5.98. The predicted molar refractivity (Wildman–Crippen MR) is 112 cm³/mol. The summed E-state index contributed by atoms with van der Waals surface area (Å²) in [5, 5.41) is 36.2. The predicted octanol–water partition coefficient (Wildman–Crippen LogP) is 0.831. The Balaban J connectivity index is 0.000000960. The summed E-state index contributed by atoms with van der Waals surface area (Å²) >= 11 is 0. The number of amidine groups is 2. The van der Waals surface area contributed by atoms with Crippen molar-refractivity contribution in [3.8, 4) is 11.5 Å². The van der Waals surface area contributed by atoms with Gasteiger partial charge in [-0.1, -0.05) is 0 Å². The van der Waals surface area contributed by atoms with Gasteiger partial charge >= 0.3 is 7.32 Å². The maximum Gasteiger partial charge on any atom is 0.631 e. The molecule has 0 heterocycles. The molecule has 0 fully saturated rings. The van der Waals surface area contributed by atoms with Crippen molar-refractivity contribution >= 4 is 19.0 Å². The molecule has 156 valence electrons. The third kappa shape index (κ3) is 10.7. The van der Waals surface area contributed by atoms with E-state index in [2.05, 4.69) is 0 Å². The standard InChI is InChI=1S/C19H24N4O2.BH3O3/c20-18(21)14-4-8-16(9-5-14)24-12-2-1-3-13-25-17-10-6-15(7-11-17)19(22)23;2-1(3)4/h4-11H,1-3,12-13H2,(H3,20,21)(H3,22,23);2-4H.